The number of hydrogen-bond donors (Lipinski definition) is 0. The van der Waals surface area contributed by atoms with Crippen molar-refractivity contribution in [1.82, 2.24) is 0 Å². The third-order valence-corrected chi connectivity index (χ3v) is 4.31. The van der Waals surface area contributed by atoms with Crippen molar-refractivity contribution < 1.29 is 14.3 Å². The largest absolute Gasteiger partial charge is 0.468 e. The summed E-state index contributed by atoms with van der Waals surface area (Å²) in [5.74, 6) is 0.308. The Kier molecular flexibility index (Phi) is 6.07. The maximum atomic E-state index is 12.1. The van der Waals surface area contributed by atoms with Crippen LogP contribution in [0.2, 0.25) is 0 Å². The molecule has 1 atom stereocenters. The average Bonchev–Trinajstić information content (AvgIpc) is 2.37. The second kappa shape index (κ2) is 7.10. The Bertz CT molecular complexity index is 476. The number of esters is 1. The molecule has 0 N–H and O–H groups in total. The number of methoxy groups -OCH3 is 1. The minimum Gasteiger partial charge on any atom is -0.468 e. The van der Waals surface area contributed by atoms with Gasteiger partial charge in [0.25, 0.3) is 0 Å². The van der Waals surface area contributed by atoms with Crippen LogP contribution in [-0.2, 0) is 19.7 Å². The first kappa shape index (κ1) is 16.2. The van der Waals surface area contributed by atoms with E-state index in [4.69, 9.17) is 4.74 Å². The molecule has 0 saturated heterocycles. The Morgan fingerprint density at radius 3 is 2.63 bits per heavy atom. The molecule has 0 fully saturated rings. The first-order valence-corrected chi connectivity index (χ1v) is 7.66. The molecule has 3 nitrogen and oxygen atoms in total. The first-order valence-electron chi connectivity index (χ1n) is 5.88. The lowest BCUT2D eigenvalue weighted by Crippen LogP contribution is -2.34. The fourth-order valence-corrected chi connectivity index (χ4v) is 3.02. The molecule has 0 bridgehead atoms. The zero-order valence-corrected chi connectivity index (χ0v) is 13.6. The van der Waals surface area contributed by atoms with Crippen LogP contribution in [0.15, 0.2) is 28.7 Å². The van der Waals surface area contributed by atoms with Crippen LogP contribution in [0.4, 0.5) is 0 Å². The highest BCUT2D eigenvalue weighted by atomic mass is 79.9. The van der Waals surface area contributed by atoms with Gasteiger partial charge in [-0.2, -0.15) is 0 Å². The molecule has 1 aromatic rings. The van der Waals surface area contributed by atoms with Crippen LogP contribution < -0.4 is 0 Å². The molecule has 1 aromatic carbocycles. The Morgan fingerprint density at radius 1 is 1.42 bits per heavy atom. The molecule has 104 valence electrons. The first-order chi connectivity index (χ1) is 8.90. The summed E-state index contributed by atoms with van der Waals surface area (Å²) >= 11 is 4.63. The summed E-state index contributed by atoms with van der Waals surface area (Å²) < 4.78 is 5.83. The molecule has 5 heteroatoms. The molecule has 0 aliphatic heterocycles. The van der Waals surface area contributed by atoms with Crippen molar-refractivity contribution in [3.8, 4) is 0 Å². The number of carbonyl (C=O) groups excluding carboxylic acids is 2. The molecule has 0 aliphatic carbocycles. The molecule has 0 aliphatic rings. The van der Waals surface area contributed by atoms with E-state index < -0.39 is 5.41 Å². The Balaban J connectivity index is 2.99. The van der Waals surface area contributed by atoms with Crippen molar-refractivity contribution in [2.24, 2.45) is 0 Å². The summed E-state index contributed by atoms with van der Waals surface area (Å²) in [7, 11) is 1.39. The molecule has 19 heavy (non-hydrogen) atoms. The zero-order chi connectivity index (χ0) is 14.5. The minimum atomic E-state index is -0.735. The monoisotopic (exact) mass is 344 g/mol. The summed E-state index contributed by atoms with van der Waals surface area (Å²) in [5, 5.41) is 0.0569. The number of rotatable bonds is 5. The van der Waals surface area contributed by atoms with E-state index in [9.17, 15) is 9.59 Å². The van der Waals surface area contributed by atoms with Gasteiger partial charge in [-0.15, -0.1) is 0 Å². The van der Waals surface area contributed by atoms with Gasteiger partial charge >= 0.3 is 5.97 Å². The lowest BCUT2D eigenvalue weighted by atomic mass is 9.80. The van der Waals surface area contributed by atoms with Crippen LogP contribution in [0, 0.1) is 0 Å². The number of ether oxygens (including phenoxy) is 1. The molecule has 1 rings (SSSR count). The van der Waals surface area contributed by atoms with E-state index in [1.807, 2.05) is 31.2 Å². The van der Waals surface area contributed by atoms with E-state index in [-0.39, 0.29) is 11.1 Å². The van der Waals surface area contributed by atoms with E-state index >= 15 is 0 Å². The number of benzene rings is 1. The van der Waals surface area contributed by atoms with Gasteiger partial charge < -0.3 is 4.74 Å². The molecule has 0 saturated carbocycles. The SMILES string of the molecule is COC(=O)C(C)(CCSC(C)=O)c1cccc(Br)c1. The number of hydrogen-bond acceptors (Lipinski definition) is 4. The Hall–Kier alpha value is -0.810. The highest BCUT2D eigenvalue weighted by molar-refractivity contribution is 9.10. The normalized spacial score (nSPS) is 13.7. The Labute approximate surface area is 126 Å². The van der Waals surface area contributed by atoms with E-state index in [0.29, 0.717) is 12.2 Å². The molecular formula is C14H17BrO3S. The van der Waals surface area contributed by atoms with Gasteiger partial charge in [0.2, 0.25) is 0 Å². The number of carbonyl (C=O) groups is 2. The second-order valence-corrected chi connectivity index (χ2v) is 6.61. The third-order valence-electron chi connectivity index (χ3n) is 3.01. The van der Waals surface area contributed by atoms with Gasteiger partial charge in [0.1, 0.15) is 0 Å². The van der Waals surface area contributed by atoms with Crippen LogP contribution in [0.5, 0.6) is 0 Å². The molecular weight excluding hydrogens is 328 g/mol. The van der Waals surface area contributed by atoms with Crippen molar-refractivity contribution in [2.75, 3.05) is 12.9 Å². The van der Waals surface area contributed by atoms with Crippen molar-refractivity contribution in [3.63, 3.8) is 0 Å². The highest BCUT2D eigenvalue weighted by Crippen LogP contribution is 2.32. The molecule has 0 amide bonds. The van der Waals surface area contributed by atoms with E-state index in [2.05, 4.69) is 15.9 Å². The van der Waals surface area contributed by atoms with Crippen molar-refractivity contribution in [3.05, 3.63) is 34.3 Å². The smallest absolute Gasteiger partial charge is 0.316 e. The van der Waals surface area contributed by atoms with E-state index in [0.717, 1.165) is 10.0 Å². The minimum absolute atomic E-state index is 0.0569. The molecule has 1 unspecified atom stereocenters. The second-order valence-electron chi connectivity index (χ2n) is 4.42. The maximum Gasteiger partial charge on any atom is 0.316 e. The lowest BCUT2D eigenvalue weighted by molar-refractivity contribution is -0.147. The average molecular weight is 345 g/mol. The number of halogens is 1. The topological polar surface area (TPSA) is 43.4 Å². The van der Waals surface area contributed by atoms with Crippen LogP contribution >= 0.6 is 27.7 Å². The lowest BCUT2D eigenvalue weighted by Gasteiger charge is -2.27. The van der Waals surface area contributed by atoms with E-state index in [1.54, 1.807) is 0 Å². The predicted molar refractivity (Wildman–Crippen MR) is 81.3 cm³/mol. The summed E-state index contributed by atoms with van der Waals surface area (Å²) in [4.78, 5) is 23.1. The molecule has 0 aromatic heterocycles. The maximum absolute atomic E-state index is 12.1. The van der Waals surface area contributed by atoms with Crippen LogP contribution in [0.3, 0.4) is 0 Å². The van der Waals surface area contributed by atoms with Gasteiger partial charge in [-0.3, -0.25) is 9.59 Å². The van der Waals surface area contributed by atoms with Crippen LogP contribution in [-0.4, -0.2) is 23.9 Å². The standard InChI is InChI=1S/C14H17BrO3S/c1-10(16)19-8-7-14(2,13(17)18-3)11-5-4-6-12(15)9-11/h4-6,9H,7-8H2,1-3H3. The van der Waals surface area contributed by atoms with Gasteiger partial charge in [-0.05, 0) is 31.0 Å². The van der Waals surface area contributed by atoms with E-state index in [1.165, 1.54) is 25.8 Å². The summed E-state index contributed by atoms with van der Waals surface area (Å²) in [6.45, 7) is 3.38. The zero-order valence-electron chi connectivity index (χ0n) is 11.2. The Morgan fingerprint density at radius 2 is 2.11 bits per heavy atom. The predicted octanol–water partition coefficient (Wildman–Crippen LogP) is 3.55. The summed E-state index contributed by atoms with van der Waals surface area (Å²) in [5.41, 5.74) is 0.152. The van der Waals surface area contributed by atoms with Crippen LogP contribution in [0.25, 0.3) is 0 Å². The molecule has 0 heterocycles. The van der Waals surface area contributed by atoms with Gasteiger partial charge in [-0.1, -0.05) is 39.8 Å². The van der Waals surface area contributed by atoms with Gasteiger partial charge in [-0.25, -0.2) is 0 Å². The van der Waals surface area contributed by atoms with Crippen molar-refractivity contribution in [2.45, 2.75) is 25.7 Å². The summed E-state index contributed by atoms with van der Waals surface area (Å²) in [6, 6.07) is 7.61. The third kappa shape index (κ3) is 4.35. The highest BCUT2D eigenvalue weighted by Gasteiger charge is 2.36. The van der Waals surface area contributed by atoms with Crippen molar-refractivity contribution >= 4 is 38.8 Å². The van der Waals surface area contributed by atoms with Crippen molar-refractivity contribution in [1.29, 1.82) is 0 Å². The summed E-state index contributed by atoms with van der Waals surface area (Å²) in [6.07, 6.45) is 0.556. The molecule has 0 radical (unpaired) electrons. The fraction of sp³-hybridized carbons (Fsp3) is 0.429. The molecule has 0 spiro atoms. The van der Waals surface area contributed by atoms with Gasteiger partial charge in [0.15, 0.2) is 5.12 Å². The van der Waals surface area contributed by atoms with Gasteiger partial charge in [0.05, 0.1) is 12.5 Å². The van der Waals surface area contributed by atoms with Gasteiger partial charge in [0, 0.05) is 17.1 Å². The van der Waals surface area contributed by atoms with Crippen LogP contribution in [0.1, 0.15) is 25.8 Å². The number of thioether (sulfide) groups is 1. The fourth-order valence-electron chi connectivity index (χ4n) is 1.82. The quantitative estimate of drug-likeness (QED) is 0.766.